The van der Waals surface area contributed by atoms with Gasteiger partial charge in [-0.1, -0.05) is 12.1 Å². The molecule has 1 saturated carbocycles. The summed E-state index contributed by atoms with van der Waals surface area (Å²) in [6.07, 6.45) is 4.29. The van der Waals surface area contributed by atoms with Crippen LogP contribution in [0, 0.1) is 0 Å². The Morgan fingerprint density at radius 3 is 2.97 bits per heavy atom. The lowest BCUT2D eigenvalue weighted by Crippen LogP contribution is -2.44. The number of pyridine rings is 1. The summed E-state index contributed by atoms with van der Waals surface area (Å²) in [5.74, 6) is 0.746. The van der Waals surface area contributed by atoms with E-state index in [1.165, 1.54) is 0 Å². The average Bonchev–Trinajstić information content (AvgIpc) is 3.49. The molecule has 0 unspecified atom stereocenters. The van der Waals surface area contributed by atoms with Gasteiger partial charge in [0.15, 0.2) is 5.65 Å². The fraction of sp³-hybridized carbons (Fsp3) is 0.333. The Morgan fingerprint density at radius 2 is 2.14 bits per heavy atom. The Morgan fingerprint density at radius 1 is 1.31 bits per heavy atom. The van der Waals surface area contributed by atoms with E-state index in [-0.39, 0.29) is 24.8 Å². The number of anilines is 1. The SMILES string of the molecule is CN1C(=O)C[C@@H](NC(=O)c2[nH]nc3ncc(C4CC4)cc23)COc2ccccc21. The van der Waals surface area contributed by atoms with Gasteiger partial charge < -0.3 is 15.0 Å². The molecule has 1 aliphatic heterocycles. The van der Waals surface area contributed by atoms with Gasteiger partial charge in [-0.2, -0.15) is 5.10 Å². The number of amides is 2. The summed E-state index contributed by atoms with van der Waals surface area (Å²) >= 11 is 0. The number of nitrogens with one attached hydrogen (secondary N) is 2. The van der Waals surface area contributed by atoms with E-state index in [0.29, 0.717) is 28.4 Å². The van der Waals surface area contributed by atoms with E-state index in [9.17, 15) is 9.59 Å². The lowest BCUT2D eigenvalue weighted by Gasteiger charge is -2.28. The van der Waals surface area contributed by atoms with Crippen molar-refractivity contribution in [3.63, 3.8) is 0 Å². The van der Waals surface area contributed by atoms with Crippen LogP contribution in [-0.2, 0) is 4.79 Å². The molecule has 8 heteroatoms. The topological polar surface area (TPSA) is 100 Å². The zero-order valence-corrected chi connectivity index (χ0v) is 16.0. The summed E-state index contributed by atoms with van der Waals surface area (Å²) in [5, 5.41) is 10.6. The predicted octanol–water partition coefficient (Wildman–Crippen LogP) is 2.38. The molecule has 2 amide bonds. The summed E-state index contributed by atoms with van der Waals surface area (Å²) in [4.78, 5) is 31.5. The fourth-order valence-electron chi connectivity index (χ4n) is 3.67. The number of nitrogens with zero attached hydrogens (tertiary/aromatic N) is 3. The lowest BCUT2D eigenvalue weighted by molar-refractivity contribution is -0.119. The van der Waals surface area contributed by atoms with Crippen molar-refractivity contribution in [1.29, 1.82) is 0 Å². The molecule has 1 aliphatic carbocycles. The normalized spacial score (nSPS) is 19.3. The van der Waals surface area contributed by atoms with Crippen LogP contribution in [0.4, 0.5) is 5.69 Å². The maximum atomic E-state index is 12.9. The minimum Gasteiger partial charge on any atom is -0.489 e. The van der Waals surface area contributed by atoms with Crippen LogP contribution in [0.3, 0.4) is 0 Å². The number of aromatic nitrogens is 3. The Hall–Kier alpha value is -3.42. The average molecular weight is 391 g/mol. The number of hydrogen-bond donors (Lipinski definition) is 2. The molecule has 0 radical (unpaired) electrons. The summed E-state index contributed by atoms with van der Waals surface area (Å²) in [5.41, 5.74) is 2.73. The van der Waals surface area contributed by atoms with Crippen molar-refractivity contribution < 1.29 is 14.3 Å². The van der Waals surface area contributed by atoms with Gasteiger partial charge in [-0.05, 0) is 42.5 Å². The van der Waals surface area contributed by atoms with E-state index in [4.69, 9.17) is 4.74 Å². The standard InChI is InChI=1S/C21H21N5O3/c1-26-16-4-2-3-5-17(16)29-11-14(9-18(26)27)23-21(28)19-15-8-13(12-6-7-12)10-22-20(15)25-24-19/h2-5,8,10,12,14H,6-7,9,11H2,1H3,(H,23,28)(H,22,24,25)/t14-/m1/s1. The third-order valence-corrected chi connectivity index (χ3v) is 5.50. The van der Waals surface area contributed by atoms with E-state index >= 15 is 0 Å². The Labute approximate surface area is 167 Å². The number of ether oxygens (including phenoxy) is 1. The quantitative estimate of drug-likeness (QED) is 0.714. The number of carbonyl (C=O) groups excluding carboxylic acids is 2. The van der Waals surface area contributed by atoms with Gasteiger partial charge in [0.25, 0.3) is 5.91 Å². The van der Waals surface area contributed by atoms with Crippen molar-refractivity contribution in [3.8, 4) is 5.75 Å². The molecule has 2 aromatic heterocycles. The Kier molecular flexibility index (Phi) is 4.19. The minimum atomic E-state index is -0.455. The second-order valence-corrected chi connectivity index (χ2v) is 7.62. The molecule has 3 heterocycles. The molecule has 1 aromatic carbocycles. The lowest BCUT2D eigenvalue weighted by atomic mass is 10.1. The van der Waals surface area contributed by atoms with Crippen molar-refractivity contribution in [2.24, 2.45) is 0 Å². The van der Waals surface area contributed by atoms with E-state index in [2.05, 4.69) is 20.5 Å². The van der Waals surface area contributed by atoms with Gasteiger partial charge in [0.05, 0.1) is 23.5 Å². The van der Waals surface area contributed by atoms with E-state index in [0.717, 1.165) is 24.1 Å². The van der Waals surface area contributed by atoms with Crippen molar-refractivity contribution in [2.75, 3.05) is 18.6 Å². The molecule has 8 nitrogen and oxygen atoms in total. The van der Waals surface area contributed by atoms with Gasteiger partial charge >= 0.3 is 0 Å². The maximum Gasteiger partial charge on any atom is 0.270 e. The van der Waals surface area contributed by atoms with Gasteiger partial charge in [-0.3, -0.25) is 14.7 Å². The fourth-order valence-corrected chi connectivity index (χ4v) is 3.67. The van der Waals surface area contributed by atoms with Gasteiger partial charge in [-0.15, -0.1) is 0 Å². The molecule has 0 saturated heterocycles. The molecule has 3 aromatic rings. The summed E-state index contributed by atoms with van der Waals surface area (Å²) in [6.45, 7) is 0.208. The van der Waals surface area contributed by atoms with Crippen LogP contribution in [0.25, 0.3) is 11.0 Å². The Bertz CT molecular complexity index is 1100. The van der Waals surface area contributed by atoms with E-state index in [1.54, 1.807) is 11.9 Å². The third-order valence-electron chi connectivity index (χ3n) is 5.50. The first-order valence-electron chi connectivity index (χ1n) is 9.73. The molecule has 0 spiro atoms. The highest BCUT2D eigenvalue weighted by Crippen LogP contribution is 2.40. The molecule has 1 atom stereocenters. The van der Waals surface area contributed by atoms with Crippen LogP contribution >= 0.6 is 0 Å². The second kappa shape index (κ2) is 6.88. The van der Waals surface area contributed by atoms with Crippen LogP contribution in [0.2, 0.25) is 0 Å². The smallest absolute Gasteiger partial charge is 0.270 e. The highest BCUT2D eigenvalue weighted by molar-refractivity contribution is 6.04. The molecule has 0 bridgehead atoms. The summed E-state index contributed by atoms with van der Waals surface area (Å²) in [7, 11) is 1.71. The molecule has 1 fully saturated rings. The number of benzene rings is 1. The second-order valence-electron chi connectivity index (χ2n) is 7.62. The predicted molar refractivity (Wildman–Crippen MR) is 107 cm³/mol. The first kappa shape index (κ1) is 17.7. The van der Waals surface area contributed by atoms with E-state index in [1.807, 2.05) is 36.5 Å². The van der Waals surface area contributed by atoms with Crippen LogP contribution < -0.4 is 15.0 Å². The monoisotopic (exact) mass is 391 g/mol. The molecule has 2 N–H and O–H groups in total. The van der Waals surface area contributed by atoms with E-state index < -0.39 is 6.04 Å². The largest absolute Gasteiger partial charge is 0.489 e. The molecular weight excluding hydrogens is 370 g/mol. The van der Waals surface area contributed by atoms with Crippen molar-refractivity contribution in [3.05, 3.63) is 47.8 Å². The number of fused-ring (bicyclic) bond motifs is 2. The molecule has 29 heavy (non-hydrogen) atoms. The van der Waals surface area contributed by atoms with Gasteiger partial charge in [-0.25, -0.2) is 4.98 Å². The molecular formula is C21H21N5O3. The van der Waals surface area contributed by atoms with Crippen LogP contribution in [0.1, 0.15) is 41.2 Å². The Balaban J connectivity index is 1.37. The number of rotatable bonds is 3. The number of para-hydroxylation sites is 2. The number of carbonyl (C=O) groups is 2. The first-order valence-corrected chi connectivity index (χ1v) is 9.73. The van der Waals surface area contributed by atoms with Crippen LogP contribution in [0.15, 0.2) is 36.5 Å². The summed E-state index contributed by atoms with van der Waals surface area (Å²) in [6, 6.07) is 8.91. The zero-order chi connectivity index (χ0) is 20.0. The van der Waals surface area contributed by atoms with Crippen molar-refractivity contribution in [2.45, 2.75) is 31.2 Å². The minimum absolute atomic E-state index is 0.0850. The van der Waals surface area contributed by atoms with Gasteiger partial charge in [0, 0.05) is 13.2 Å². The van der Waals surface area contributed by atoms with Crippen molar-refractivity contribution in [1.82, 2.24) is 20.5 Å². The molecule has 148 valence electrons. The third kappa shape index (κ3) is 3.30. The zero-order valence-electron chi connectivity index (χ0n) is 16.0. The first-order chi connectivity index (χ1) is 14.1. The van der Waals surface area contributed by atoms with Crippen molar-refractivity contribution >= 4 is 28.5 Å². The number of hydrogen-bond acceptors (Lipinski definition) is 5. The van der Waals surface area contributed by atoms with Gasteiger partial charge in [0.2, 0.25) is 5.91 Å². The number of H-pyrrole nitrogens is 1. The number of aromatic amines is 1. The molecule has 2 aliphatic rings. The highest BCUT2D eigenvalue weighted by Gasteiger charge is 2.28. The van der Waals surface area contributed by atoms with Crippen LogP contribution in [-0.4, -0.2) is 46.7 Å². The summed E-state index contributed by atoms with van der Waals surface area (Å²) < 4.78 is 5.88. The maximum absolute atomic E-state index is 12.9. The highest BCUT2D eigenvalue weighted by atomic mass is 16.5. The van der Waals surface area contributed by atoms with Gasteiger partial charge in [0.1, 0.15) is 18.1 Å². The molecule has 5 rings (SSSR count). The van der Waals surface area contributed by atoms with Crippen LogP contribution in [0.5, 0.6) is 5.75 Å².